The van der Waals surface area contributed by atoms with Crippen LogP contribution in [0.4, 0.5) is 5.69 Å². The standard InChI is InChI=1S/C6H7N.C5H11Cl.C5H11NO/c7-6-4-2-1-3-5-6;1-2-3-4-5-6;1-4(2)6-5(3)7/h1-5H,7H2;2-5H2,1H3;4H,1-3H3,(H,6,7). The summed E-state index contributed by atoms with van der Waals surface area (Å²) < 4.78 is 0. The molecule has 0 aromatic heterocycles. The number of rotatable bonds is 4. The van der Waals surface area contributed by atoms with Crippen LogP contribution in [0.2, 0.25) is 0 Å². The minimum Gasteiger partial charge on any atom is -0.399 e. The maximum absolute atomic E-state index is 10.1. The van der Waals surface area contributed by atoms with E-state index in [2.05, 4.69) is 12.2 Å². The molecule has 4 heteroatoms. The van der Waals surface area contributed by atoms with E-state index in [9.17, 15) is 4.79 Å². The van der Waals surface area contributed by atoms with Crippen molar-refractivity contribution < 1.29 is 4.79 Å². The first-order valence-electron chi connectivity index (χ1n) is 7.07. The van der Waals surface area contributed by atoms with Crippen LogP contribution in [0.5, 0.6) is 0 Å². The van der Waals surface area contributed by atoms with Gasteiger partial charge in [0.15, 0.2) is 0 Å². The molecule has 0 spiro atoms. The predicted octanol–water partition coefficient (Wildman–Crippen LogP) is 4.22. The molecule has 1 amide bonds. The van der Waals surface area contributed by atoms with E-state index in [1.807, 2.05) is 44.2 Å². The maximum atomic E-state index is 10.1. The summed E-state index contributed by atoms with van der Waals surface area (Å²) in [6.07, 6.45) is 3.73. The van der Waals surface area contributed by atoms with E-state index in [0.29, 0.717) is 0 Å². The fraction of sp³-hybridized carbons (Fsp3) is 0.562. The zero-order valence-electron chi connectivity index (χ0n) is 13.2. The van der Waals surface area contributed by atoms with Gasteiger partial charge in [-0.15, -0.1) is 11.6 Å². The van der Waals surface area contributed by atoms with E-state index in [1.54, 1.807) is 0 Å². The van der Waals surface area contributed by atoms with Crippen LogP contribution in [0.3, 0.4) is 0 Å². The number of hydrogen-bond acceptors (Lipinski definition) is 2. The van der Waals surface area contributed by atoms with Gasteiger partial charge in [0.25, 0.3) is 0 Å². The molecule has 0 radical (unpaired) electrons. The summed E-state index contributed by atoms with van der Waals surface area (Å²) in [4.78, 5) is 10.1. The van der Waals surface area contributed by atoms with Crippen molar-refractivity contribution in [2.45, 2.75) is 53.0 Å². The van der Waals surface area contributed by atoms with Crippen molar-refractivity contribution >= 4 is 23.2 Å². The Morgan fingerprint density at radius 1 is 1.25 bits per heavy atom. The van der Waals surface area contributed by atoms with Crippen molar-refractivity contribution in [1.29, 1.82) is 0 Å². The normalized spacial score (nSPS) is 8.90. The average Bonchev–Trinajstić information content (AvgIpc) is 2.37. The topological polar surface area (TPSA) is 55.1 Å². The van der Waals surface area contributed by atoms with Gasteiger partial charge < -0.3 is 11.1 Å². The van der Waals surface area contributed by atoms with Gasteiger partial charge in [0, 0.05) is 24.5 Å². The highest BCUT2D eigenvalue weighted by Gasteiger charge is 1.91. The summed E-state index contributed by atoms with van der Waals surface area (Å²) in [6, 6.07) is 9.76. The van der Waals surface area contributed by atoms with Crippen LogP contribution in [0.25, 0.3) is 0 Å². The number of hydrogen-bond donors (Lipinski definition) is 2. The molecule has 0 aliphatic carbocycles. The van der Waals surface area contributed by atoms with E-state index < -0.39 is 0 Å². The lowest BCUT2D eigenvalue weighted by molar-refractivity contribution is -0.119. The van der Waals surface area contributed by atoms with Crippen LogP contribution in [-0.2, 0) is 4.79 Å². The van der Waals surface area contributed by atoms with Gasteiger partial charge in [-0.3, -0.25) is 4.79 Å². The molecule has 0 unspecified atom stereocenters. The van der Waals surface area contributed by atoms with Gasteiger partial charge in [0.2, 0.25) is 5.91 Å². The lowest BCUT2D eigenvalue weighted by Crippen LogP contribution is -2.27. The molecule has 0 bridgehead atoms. The Bertz CT molecular complexity index is 312. The molecule has 20 heavy (non-hydrogen) atoms. The van der Waals surface area contributed by atoms with Gasteiger partial charge in [-0.2, -0.15) is 0 Å². The molecule has 116 valence electrons. The number of nitrogens with two attached hydrogens (primary N) is 1. The van der Waals surface area contributed by atoms with Gasteiger partial charge in [0.05, 0.1) is 0 Å². The summed E-state index contributed by atoms with van der Waals surface area (Å²) in [5.74, 6) is 0.864. The first-order chi connectivity index (χ1) is 9.43. The summed E-state index contributed by atoms with van der Waals surface area (Å²) in [6.45, 7) is 7.55. The zero-order valence-corrected chi connectivity index (χ0v) is 13.9. The van der Waals surface area contributed by atoms with E-state index in [1.165, 1.54) is 26.2 Å². The van der Waals surface area contributed by atoms with Crippen molar-refractivity contribution in [3.63, 3.8) is 0 Å². The largest absolute Gasteiger partial charge is 0.399 e. The number of para-hydroxylation sites is 1. The number of alkyl halides is 1. The number of nitrogens with one attached hydrogen (secondary N) is 1. The highest BCUT2D eigenvalue weighted by molar-refractivity contribution is 6.17. The summed E-state index contributed by atoms with van der Waals surface area (Å²) in [5, 5.41) is 2.67. The third-order valence-corrected chi connectivity index (χ3v) is 2.30. The van der Waals surface area contributed by atoms with Gasteiger partial charge in [0.1, 0.15) is 0 Å². The molecular formula is C16H29ClN2O. The Morgan fingerprint density at radius 2 is 1.80 bits per heavy atom. The smallest absolute Gasteiger partial charge is 0.217 e. The van der Waals surface area contributed by atoms with Crippen LogP contribution in [0.1, 0.15) is 47.0 Å². The quantitative estimate of drug-likeness (QED) is 0.497. The molecule has 1 aromatic rings. The van der Waals surface area contributed by atoms with Gasteiger partial charge in [-0.05, 0) is 32.4 Å². The number of amides is 1. The third-order valence-electron chi connectivity index (χ3n) is 2.03. The summed E-state index contributed by atoms with van der Waals surface area (Å²) >= 11 is 5.38. The number of carbonyl (C=O) groups is 1. The minimum absolute atomic E-state index is 0.0370. The molecule has 0 atom stereocenters. The molecule has 3 nitrogen and oxygen atoms in total. The number of halogens is 1. The molecule has 0 heterocycles. The molecule has 0 saturated heterocycles. The van der Waals surface area contributed by atoms with E-state index in [-0.39, 0.29) is 11.9 Å². The Balaban J connectivity index is 0. The zero-order chi connectivity index (χ0) is 15.8. The van der Waals surface area contributed by atoms with Crippen LogP contribution >= 0.6 is 11.6 Å². The van der Waals surface area contributed by atoms with Crippen molar-refractivity contribution in [3.8, 4) is 0 Å². The molecule has 3 N–H and O–H groups in total. The van der Waals surface area contributed by atoms with E-state index >= 15 is 0 Å². The molecule has 0 saturated carbocycles. The Kier molecular flexibility index (Phi) is 16.7. The van der Waals surface area contributed by atoms with Gasteiger partial charge in [-0.1, -0.05) is 38.0 Å². The van der Waals surface area contributed by atoms with Crippen molar-refractivity contribution in [1.82, 2.24) is 5.32 Å². The maximum Gasteiger partial charge on any atom is 0.217 e. The molecule has 1 rings (SSSR count). The number of nitrogen functional groups attached to an aromatic ring is 1. The fourth-order valence-corrected chi connectivity index (χ4v) is 1.39. The summed E-state index contributed by atoms with van der Waals surface area (Å²) in [7, 11) is 0. The number of benzene rings is 1. The average molecular weight is 301 g/mol. The molecule has 0 aliphatic heterocycles. The lowest BCUT2D eigenvalue weighted by Gasteiger charge is -2.02. The Morgan fingerprint density at radius 3 is 1.95 bits per heavy atom. The monoisotopic (exact) mass is 300 g/mol. The molecule has 0 aliphatic rings. The van der Waals surface area contributed by atoms with Crippen LogP contribution < -0.4 is 11.1 Å². The number of carbonyl (C=O) groups excluding carboxylic acids is 1. The van der Waals surface area contributed by atoms with Crippen molar-refractivity contribution in [2.75, 3.05) is 11.6 Å². The number of anilines is 1. The molecular weight excluding hydrogens is 272 g/mol. The molecule has 1 aromatic carbocycles. The molecule has 0 fully saturated rings. The fourth-order valence-electron chi connectivity index (χ4n) is 1.20. The van der Waals surface area contributed by atoms with Crippen LogP contribution in [-0.4, -0.2) is 17.8 Å². The van der Waals surface area contributed by atoms with E-state index in [0.717, 1.165) is 11.6 Å². The second kappa shape index (κ2) is 15.8. The van der Waals surface area contributed by atoms with Gasteiger partial charge >= 0.3 is 0 Å². The van der Waals surface area contributed by atoms with Crippen molar-refractivity contribution in [3.05, 3.63) is 30.3 Å². The Labute approximate surface area is 128 Å². The van der Waals surface area contributed by atoms with Crippen LogP contribution in [0.15, 0.2) is 30.3 Å². The number of unbranched alkanes of at least 4 members (excludes halogenated alkanes) is 2. The van der Waals surface area contributed by atoms with Gasteiger partial charge in [-0.25, -0.2) is 0 Å². The minimum atomic E-state index is 0.0370. The van der Waals surface area contributed by atoms with Crippen LogP contribution in [0, 0.1) is 0 Å². The summed E-state index contributed by atoms with van der Waals surface area (Å²) in [5.41, 5.74) is 6.18. The predicted molar refractivity (Wildman–Crippen MR) is 90.1 cm³/mol. The highest BCUT2D eigenvalue weighted by Crippen LogP contribution is 1.96. The first kappa shape index (κ1) is 21.1. The SMILES string of the molecule is CC(=O)NC(C)C.CCCCCCl.Nc1ccccc1. The lowest BCUT2D eigenvalue weighted by atomic mass is 10.3. The highest BCUT2D eigenvalue weighted by atomic mass is 35.5. The second-order valence-electron chi connectivity index (χ2n) is 4.66. The Hall–Kier alpha value is -1.22. The van der Waals surface area contributed by atoms with E-state index in [4.69, 9.17) is 17.3 Å². The van der Waals surface area contributed by atoms with Crippen molar-refractivity contribution in [2.24, 2.45) is 0 Å². The first-order valence-corrected chi connectivity index (χ1v) is 7.61. The second-order valence-corrected chi connectivity index (χ2v) is 5.04. The third kappa shape index (κ3) is 22.0.